The van der Waals surface area contributed by atoms with E-state index in [-0.39, 0.29) is 18.4 Å². The van der Waals surface area contributed by atoms with Gasteiger partial charge in [-0.25, -0.2) is 0 Å². The van der Waals surface area contributed by atoms with Crippen molar-refractivity contribution in [3.63, 3.8) is 0 Å². The lowest BCUT2D eigenvalue weighted by Crippen LogP contribution is -2.04. The zero-order chi connectivity index (χ0) is 12.3. The van der Waals surface area contributed by atoms with Crippen LogP contribution in [-0.2, 0) is 0 Å². The van der Waals surface area contributed by atoms with Crippen LogP contribution in [0.1, 0.15) is 18.5 Å². The number of hydrogen-bond acceptors (Lipinski definition) is 4. The predicted molar refractivity (Wildman–Crippen MR) is 73.4 cm³/mol. The molecular weight excluding hydrogens is 273 g/mol. The molecule has 0 bridgehead atoms. The highest BCUT2D eigenvalue weighted by atomic mass is 35.5. The number of ether oxygens (including phenoxy) is 1. The molecule has 1 aromatic heterocycles. The molecule has 0 spiro atoms. The summed E-state index contributed by atoms with van der Waals surface area (Å²) in [5, 5.41) is 7.85. The van der Waals surface area contributed by atoms with Crippen LogP contribution >= 0.6 is 24.0 Å². The van der Waals surface area contributed by atoms with Crippen LogP contribution in [-0.4, -0.2) is 10.2 Å². The third kappa shape index (κ3) is 3.84. The molecule has 0 saturated heterocycles. The van der Waals surface area contributed by atoms with Crippen LogP contribution in [0.15, 0.2) is 36.4 Å². The van der Waals surface area contributed by atoms with Crippen molar-refractivity contribution in [3.05, 3.63) is 47.1 Å². The highest BCUT2D eigenvalue weighted by Gasteiger charge is 2.03. The van der Waals surface area contributed by atoms with Crippen LogP contribution < -0.4 is 10.5 Å². The lowest BCUT2D eigenvalue weighted by atomic mass is 10.1. The van der Waals surface area contributed by atoms with Crippen molar-refractivity contribution in [3.8, 4) is 11.6 Å². The second-order valence-corrected chi connectivity index (χ2v) is 4.04. The normalized spacial score (nSPS) is 11.5. The highest BCUT2D eigenvalue weighted by molar-refractivity contribution is 6.29. The quantitative estimate of drug-likeness (QED) is 0.939. The van der Waals surface area contributed by atoms with Crippen molar-refractivity contribution >= 4 is 24.0 Å². The maximum atomic E-state index is 5.79. The molecule has 6 heteroatoms. The van der Waals surface area contributed by atoms with Gasteiger partial charge in [0.05, 0.1) is 0 Å². The minimum Gasteiger partial charge on any atom is -0.438 e. The van der Waals surface area contributed by atoms with Crippen LogP contribution in [0.4, 0.5) is 0 Å². The number of halogens is 2. The highest BCUT2D eigenvalue weighted by Crippen LogP contribution is 2.22. The van der Waals surface area contributed by atoms with Crippen molar-refractivity contribution in [2.45, 2.75) is 13.0 Å². The van der Waals surface area contributed by atoms with E-state index in [9.17, 15) is 0 Å². The molecule has 1 aromatic carbocycles. The van der Waals surface area contributed by atoms with Gasteiger partial charge < -0.3 is 10.5 Å². The molecule has 0 fully saturated rings. The molecule has 1 heterocycles. The van der Waals surface area contributed by atoms with Gasteiger partial charge in [-0.1, -0.05) is 23.7 Å². The van der Waals surface area contributed by atoms with E-state index in [1.165, 1.54) is 0 Å². The number of aromatic nitrogens is 2. The molecule has 0 saturated carbocycles. The predicted octanol–water partition coefficient (Wildman–Crippen LogP) is 3.36. The zero-order valence-corrected chi connectivity index (χ0v) is 11.3. The van der Waals surface area contributed by atoms with Gasteiger partial charge in [0.15, 0.2) is 5.15 Å². The second-order valence-electron chi connectivity index (χ2n) is 3.66. The standard InChI is InChI=1S/C12H12ClN3O.ClH/c1-8(14)9-3-2-4-10(7-9)17-12-6-5-11(13)15-16-12;/h2-8H,14H2,1H3;1H. The molecule has 1 atom stereocenters. The summed E-state index contributed by atoms with van der Waals surface area (Å²) in [6, 6.07) is 10.8. The largest absolute Gasteiger partial charge is 0.438 e. The van der Waals surface area contributed by atoms with Crippen molar-refractivity contribution in [1.29, 1.82) is 0 Å². The Morgan fingerprint density at radius 1 is 1.22 bits per heavy atom. The van der Waals surface area contributed by atoms with E-state index in [1.807, 2.05) is 31.2 Å². The molecule has 0 amide bonds. The second kappa shape index (κ2) is 6.54. The summed E-state index contributed by atoms with van der Waals surface area (Å²) in [6.45, 7) is 1.92. The molecule has 0 aliphatic heterocycles. The van der Waals surface area contributed by atoms with Crippen molar-refractivity contribution in [2.24, 2.45) is 5.73 Å². The Morgan fingerprint density at radius 3 is 2.61 bits per heavy atom. The molecule has 1 unspecified atom stereocenters. The Morgan fingerprint density at radius 2 is 2.00 bits per heavy atom. The van der Waals surface area contributed by atoms with Gasteiger partial charge in [0.1, 0.15) is 5.75 Å². The van der Waals surface area contributed by atoms with Gasteiger partial charge in [-0.2, -0.15) is 0 Å². The molecule has 2 N–H and O–H groups in total. The number of hydrogen-bond donors (Lipinski definition) is 1. The maximum Gasteiger partial charge on any atom is 0.238 e. The van der Waals surface area contributed by atoms with E-state index in [0.717, 1.165) is 5.56 Å². The summed E-state index contributed by atoms with van der Waals surface area (Å²) in [6.07, 6.45) is 0. The van der Waals surface area contributed by atoms with E-state index < -0.39 is 0 Å². The van der Waals surface area contributed by atoms with Crippen LogP contribution in [0.3, 0.4) is 0 Å². The minimum atomic E-state index is -0.0325. The smallest absolute Gasteiger partial charge is 0.238 e. The summed E-state index contributed by atoms with van der Waals surface area (Å²) >= 11 is 5.64. The Kier molecular flexibility index (Phi) is 5.34. The average Bonchev–Trinajstić information content (AvgIpc) is 2.32. The molecule has 4 nitrogen and oxygen atoms in total. The van der Waals surface area contributed by atoms with E-state index in [4.69, 9.17) is 22.1 Å². The first-order valence-corrected chi connectivity index (χ1v) is 5.55. The molecule has 0 aliphatic carbocycles. The fraction of sp³-hybridized carbons (Fsp3) is 0.167. The monoisotopic (exact) mass is 285 g/mol. The van der Waals surface area contributed by atoms with Gasteiger partial charge in [-0.15, -0.1) is 22.6 Å². The third-order valence-corrected chi connectivity index (χ3v) is 2.42. The van der Waals surface area contributed by atoms with Gasteiger partial charge in [0.2, 0.25) is 5.88 Å². The van der Waals surface area contributed by atoms with Crippen molar-refractivity contribution < 1.29 is 4.74 Å². The fourth-order valence-corrected chi connectivity index (χ4v) is 1.44. The molecule has 0 radical (unpaired) electrons. The van der Waals surface area contributed by atoms with E-state index >= 15 is 0 Å². The number of nitrogens with two attached hydrogens (primary N) is 1. The summed E-state index contributed by atoms with van der Waals surface area (Å²) in [5.74, 6) is 1.08. The van der Waals surface area contributed by atoms with Crippen molar-refractivity contribution in [2.75, 3.05) is 0 Å². The summed E-state index contributed by atoms with van der Waals surface area (Å²) < 4.78 is 5.54. The van der Waals surface area contributed by atoms with Gasteiger partial charge in [0.25, 0.3) is 0 Å². The summed E-state index contributed by atoms with van der Waals surface area (Å²) in [5.41, 5.74) is 6.80. The number of benzene rings is 1. The zero-order valence-electron chi connectivity index (χ0n) is 9.71. The van der Waals surface area contributed by atoms with Crippen LogP contribution in [0.25, 0.3) is 0 Å². The number of nitrogens with zero attached hydrogens (tertiary/aromatic N) is 2. The summed E-state index contributed by atoms with van der Waals surface area (Å²) in [7, 11) is 0. The molecule has 96 valence electrons. The fourth-order valence-electron chi connectivity index (χ4n) is 1.34. The van der Waals surface area contributed by atoms with Crippen LogP contribution in [0.2, 0.25) is 5.15 Å². The first kappa shape index (κ1) is 14.7. The van der Waals surface area contributed by atoms with E-state index in [0.29, 0.717) is 16.8 Å². The van der Waals surface area contributed by atoms with E-state index in [1.54, 1.807) is 12.1 Å². The van der Waals surface area contributed by atoms with Gasteiger partial charge in [0, 0.05) is 12.1 Å². The average molecular weight is 286 g/mol. The lowest BCUT2D eigenvalue weighted by molar-refractivity contribution is 0.454. The molecule has 2 rings (SSSR count). The molecular formula is C12H13Cl2N3O. The van der Waals surface area contributed by atoms with E-state index in [2.05, 4.69) is 10.2 Å². The van der Waals surface area contributed by atoms with Crippen molar-refractivity contribution in [1.82, 2.24) is 10.2 Å². The number of rotatable bonds is 3. The maximum absolute atomic E-state index is 5.79. The summed E-state index contributed by atoms with van der Waals surface area (Å²) in [4.78, 5) is 0. The Labute approximate surface area is 117 Å². The van der Waals surface area contributed by atoms with Gasteiger partial charge in [-0.05, 0) is 30.7 Å². The Hall–Kier alpha value is -1.36. The third-order valence-electron chi connectivity index (χ3n) is 2.21. The van der Waals surface area contributed by atoms with Gasteiger partial charge >= 0.3 is 0 Å². The Balaban J connectivity index is 0.00000162. The first-order chi connectivity index (χ1) is 8.15. The van der Waals surface area contributed by atoms with Crippen LogP contribution in [0, 0.1) is 0 Å². The molecule has 0 aliphatic rings. The van der Waals surface area contributed by atoms with Gasteiger partial charge in [-0.3, -0.25) is 0 Å². The minimum absolute atomic E-state index is 0. The Bertz CT molecular complexity index is 503. The SMILES string of the molecule is CC(N)c1cccc(Oc2ccc(Cl)nn2)c1.Cl. The first-order valence-electron chi connectivity index (χ1n) is 5.18. The molecule has 2 aromatic rings. The van der Waals surface area contributed by atoms with Crippen LogP contribution in [0.5, 0.6) is 11.6 Å². The molecule has 18 heavy (non-hydrogen) atoms. The lowest BCUT2D eigenvalue weighted by Gasteiger charge is -2.08. The topological polar surface area (TPSA) is 61.0 Å².